The van der Waals surface area contributed by atoms with Crippen molar-refractivity contribution in [1.82, 2.24) is 0 Å². The van der Waals surface area contributed by atoms with Crippen LogP contribution in [0.15, 0.2) is 90.0 Å². The van der Waals surface area contributed by atoms with E-state index in [0.717, 1.165) is 22.0 Å². The highest BCUT2D eigenvalue weighted by molar-refractivity contribution is 7.92. The molecule has 0 unspecified atom stereocenters. The van der Waals surface area contributed by atoms with Crippen LogP contribution in [0.2, 0.25) is 0 Å². The minimum Gasteiger partial charge on any atom is -0.497 e. The van der Waals surface area contributed by atoms with Gasteiger partial charge < -0.3 is 9.47 Å². The van der Waals surface area contributed by atoms with Gasteiger partial charge in [-0.05, 0) is 55.5 Å². The maximum Gasteiger partial charge on any atom is 0.269 e. The molecule has 0 spiro atoms. The van der Waals surface area contributed by atoms with E-state index in [1.807, 2.05) is 19.1 Å². The fourth-order valence-electron chi connectivity index (χ4n) is 2.90. The first-order chi connectivity index (χ1) is 15.2. The summed E-state index contributed by atoms with van der Waals surface area (Å²) >= 11 is 0. The smallest absolute Gasteiger partial charge is 0.269 e. The summed E-state index contributed by atoms with van der Waals surface area (Å²) in [4.78, 5) is 10.2. The van der Waals surface area contributed by atoms with Gasteiger partial charge >= 0.3 is 0 Å². The van der Waals surface area contributed by atoms with E-state index in [-0.39, 0.29) is 22.9 Å². The third-order valence-corrected chi connectivity index (χ3v) is 6.39. The number of ether oxygens (including phenoxy) is 2. The van der Waals surface area contributed by atoms with Crippen LogP contribution < -0.4 is 13.8 Å². The highest BCUT2D eigenvalue weighted by atomic mass is 32.2. The van der Waals surface area contributed by atoms with Crippen molar-refractivity contribution in [2.75, 3.05) is 18.0 Å². The summed E-state index contributed by atoms with van der Waals surface area (Å²) in [5.74, 6) is 1.30. The molecule has 0 heterocycles. The molecule has 9 heteroatoms. The summed E-state index contributed by atoms with van der Waals surface area (Å²) in [5.41, 5.74) is 1.22. The molecule has 0 aliphatic heterocycles. The molecule has 3 aromatic rings. The van der Waals surface area contributed by atoms with Crippen LogP contribution in [0.5, 0.6) is 11.5 Å². The van der Waals surface area contributed by atoms with Crippen molar-refractivity contribution in [2.24, 2.45) is 0 Å². The monoisotopic (exact) mass is 454 g/mol. The van der Waals surface area contributed by atoms with Crippen molar-refractivity contribution in [1.29, 1.82) is 0 Å². The van der Waals surface area contributed by atoms with Crippen LogP contribution in [0.1, 0.15) is 5.56 Å². The lowest BCUT2D eigenvalue weighted by atomic mass is 10.2. The molecule has 0 saturated carbocycles. The van der Waals surface area contributed by atoms with Crippen molar-refractivity contribution in [3.8, 4) is 11.5 Å². The van der Waals surface area contributed by atoms with E-state index in [1.165, 1.54) is 19.2 Å². The predicted octanol–water partition coefficient (Wildman–Crippen LogP) is 4.70. The fourth-order valence-corrected chi connectivity index (χ4v) is 4.34. The van der Waals surface area contributed by atoms with Crippen molar-refractivity contribution in [3.63, 3.8) is 0 Å². The molecule has 0 bridgehead atoms. The Morgan fingerprint density at radius 2 is 1.53 bits per heavy atom. The van der Waals surface area contributed by atoms with E-state index in [2.05, 4.69) is 6.58 Å². The largest absolute Gasteiger partial charge is 0.497 e. The number of rotatable bonds is 9. The molecule has 32 heavy (non-hydrogen) atoms. The quantitative estimate of drug-likeness (QED) is 0.264. The van der Waals surface area contributed by atoms with E-state index in [4.69, 9.17) is 9.47 Å². The Morgan fingerprint density at radius 1 is 0.969 bits per heavy atom. The van der Waals surface area contributed by atoms with E-state index in [1.54, 1.807) is 36.4 Å². The average molecular weight is 455 g/mol. The third-order valence-electron chi connectivity index (χ3n) is 4.60. The standard InChI is InChI=1S/C23H22N2O6S/c1-17-4-10-22(11-5-17)31-18(2)16-24(19-6-12-21(30-3)13-7-19)32(28,29)23-14-8-20(9-15-23)25(26)27/h4-15H,2,16H2,1,3H3. The summed E-state index contributed by atoms with van der Waals surface area (Å²) in [7, 11) is -2.57. The van der Waals surface area contributed by atoms with E-state index in [9.17, 15) is 18.5 Å². The summed E-state index contributed by atoms with van der Waals surface area (Å²) in [6.07, 6.45) is 0. The molecule has 0 aliphatic rings. The first kappa shape index (κ1) is 22.8. The number of hydrogen-bond donors (Lipinski definition) is 0. The molecule has 3 rings (SSSR count). The predicted molar refractivity (Wildman–Crippen MR) is 122 cm³/mol. The molecule has 0 fully saturated rings. The van der Waals surface area contributed by atoms with Crippen LogP contribution in [0, 0.1) is 17.0 Å². The molecule has 0 saturated heterocycles. The van der Waals surface area contributed by atoms with Gasteiger partial charge in [-0.25, -0.2) is 8.42 Å². The van der Waals surface area contributed by atoms with Crippen molar-refractivity contribution < 1.29 is 22.8 Å². The zero-order valence-corrected chi connectivity index (χ0v) is 18.4. The lowest BCUT2D eigenvalue weighted by Crippen LogP contribution is -2.33. The second kappa shape index (κ2) is 9.52. The van der Waals surface area contributed by atoms with E-state index < -0.39 is 14.9 Å². The van der Waals surface area contributed by atoms with Crippen LogP contribution >= 0.6 is 0 Å². The van der Waals surface area contributed by atoms with Gasteiger partial charge in [0.2, 0.25) is 0 Å². The molecular weight excluding hydrogens is 432 g/mol. The number of nitro groups is 1. The van der Waals surface area contributed by atoms with Gasteiger partial charge in [-0.1, -0.05) is 24.3 Å². The number of methoxy groups -OCH3 is 1. The Kier molecular flexibility index (Phi) is 6.79. The minimum absolute atomic E-state index is 0.0953. The molecule has 0 aliphatic carbocycles. The molecule has 0 atom stereocenters. The lowest BCUT2D eigenvalue weighted by Gasteiger charge is -2.25. The number of non-ortho nitro benzene ring substituents is 1. The van der Waals surface area contributed by atoms with Crippen molar-refractivity contribution >= 4 is 21.4 Å². The van der Waals surface area contributed by atoms with Crippen LogP contribution in [-0.4, -0.2) is 27.0 Å². The zero-order chi connectivity index (χ0) is 23.3. The number of anilines is 1. The van der Waals surface area contributed by atoms with Crippen LogP contribution in [0.25, 0.3) is 0 Å². The topological polar surface area (TPSA) is 99.0 Å². The molecule has 0 radical (unpaired) electrons. The second-order valence-corrected chi connectivity index (χ2v) is 8.78. The number of sulfonamides is 1. The molecule has 166 valence electrons. The van der Waals surface area contributed by atoms with Gasteiger partial charge in [0.1, 0.15) is 17.3 Å². The Morgan fingerprint density at radius 3 is 2.06 bits per heavy atom. The SMILES string of the molecule is C=C(CN(c1ccc(OC)cc1)S(=O)(=O)c1ccc([N+](=O)[O-])cc1)Oc1ccc(C)cc1. The van der Waals surface area contributed by atoms with Gasteiger partial charge in [-0.15, -0.1) is 0 Å². The number of nitro benzene ring substituents is 1. The summed E-state index contributed by atoms with van der Waals surface area (Å²) in [6.45, 7) is 5.65. The normalized spacial score (nSPS) is 10.9. The molecule has 0 N–H and O–H groups in total. The maximum atomic E-state index is 13.4. The summed E-state index contributed by atoms with van der Waals surface area (Å²) < 4.78 is 38.9. The molecule has 0 aromatic heterocycles. The first-order valence-corrected chi connectivity index (χ1v) is 11.0. The van der Waals surface area contributed by atoms with E-state index >= 15 is 0 Å². The van der Waals surface area contributed by atoms with Gasteiger partial charge in [0, 0.05) is 12.1 Å². The minimum atomic E-state index is -4.08. The molecule has 8 nitrogen and oxygen atoms in total. The van der Waals surface area contributed by atoms with Crippen LogP contribution in [-0.2, 0) is 10.0 Å². The zero-order valence-electron chi connectivity index (χ0n) is 17.6. The Labute approximate surface area is 186 Å². The second-order valence-electron chi connectivity index (χ2n) is 6.91. The maximum absolute atomic E-state index is 13.4. The Bertz CT molecular complexity index is 1200. The Hall–Kier alpha value is -3.85. The van der Waals surface area contributed by atoms with Crippen molar-refractivity contribution in [3.05, 3.63) is 101 Å². The Balaban J connectivity index is 1.94. The third kappa shape index (κ3) is 5.25. The summed E-state index contributed by atoms with van der Waals surface area (Å²) in [6, 6.07) is 18.5. The fraction of sp³-hybridized carbons (Fsp3) is 0.130. The lowest BCUT2D eigenvalue weighted by molar-refractivity contribution is -0.384. The molecular formula is C23H22N2O6S. The molecule has 0 amide bonds. The highest BCUT2D eigenvalue weighted by Crippen LogP contribution is 2.28. The molecule has 3 aromatic carbocycles. The van der Waals surface area contributed by atoms with E-state index in [0.29, 0.717) is 17.2 Å². The number of nitrogens with zero attached hydrogens (tertiary/aromatic N) is 2. The van der Waals surface area contributed by atoms with Gasteiger partial charge in [-0.3, -0.25) is 14.4 Å². The number of benzene rings is 3. The van der Waals surface area contributed by atoms with Gasteiger partial charge in [-0.2, -0.15) is 0 Å². The first-order valence-electron chi connectivity index (χ1n) is 9.54. The van der Waals surface area contributed by atoms with Gasteiger partial charge in [0.05, 0.1) is 29.2 Å². The van der Waals surface area contributed by atoms with Crippen LogP contribution in [0.3, 0.4) is 0 Å². The number of aryl methyl sites for hydroxylation is 1. The van der Waals surface area contributed by atoms with Gasteiger partial charge in [0.25, 0.3) is 15.7 Å². The highest BCUT2D eigenvalue weighted by Gasteiger charge is 2.27. The van der Waals surface area contributed by atoms with Crippen molar-refractivity contribution in [2.45, 2.75) is 11.8 Å². The average Bonchev–Trinajstić information content (AvgIpc) is 2.79. The number of hydrogen-bond acceptors (Lipinski definition) is 6. The van der Waals surface area contributed by atoms with Gasteiger partial charge in [0.15, 0.2) is 0 Å². The summed E-state index contributed by atoms with van der Waals surface area (Å²) in [5, 5.41) is 10.9. The van der Waals surface area contributed by atoms with Crippen LogP contribution in [0.4, 0.5) is 11.4 Å².